The molecule has 1 rings (SSSR count). The van der Waals surface area contributed by atoms with Crippen LogP contribution in [0, 0.1) is 0 Å². The molecule has 27 heavy (non-hydrogen) atoms. The number of amides is 1. The molecule has 0 N–H and O–H groups in total. The number of hydrogen-bond donors (Lipinski definition) is 0. The summed E-state index contributed by atoms with van der Waals surface area (Å²) >= 11 is 0. The molecule has 0 aliphatic carbocycles. The maximum absolute atomic E-state index is 12.5. The zero-order valence-electron chi connectivity index (χ0n) is 17.9. The standard InChI is InChI=1S/C24H38N2O/c1-6-13-23(14-7-2)26(24(27)8-3)21(4)15-12-19-25(5)20-18-22-16-10-9-11-17-22/h6,9-11,13-14,16-17,21H,7-8,12,15,18-20H2,1-5H3/b13-6-,23-14+. The van der Waals surface area contributed by atoms with Crippen LogP contribution in [0.5, 0.6) is 0 Å². The van der Waals surface area contributed by atoms with Crippen LogP contribution in [0.25, 0.3) is 0 Å². The first kappa shape index (κ1) is 23.2. The van der Waals surface area contributed by atoms with E-state index < -0.39 is 0 Å². The third-order valence-corrected chi connectivity index (χ3v) is 4.83. The highest BCUT2D eigenvalue weighted by atomic mass is 16.2. The van der Waals surface area contributed by atoms with Crippen molar-refractivity contribution >= 4 is 5.91 Å². The maximum Gasteiger partial charge on any atom is 0.226 e. The van der Waals surface area contributed by atoms with Crippen molar-refractivity contribution in [1.82, 2.24) is 9.80 Å². The molecule has 1 unspecified atom stereocenters. The Morgan fingerprint density at radius 3 is 2.44 bits per heavy atom. The summed E-state index contributed by atoms with van der Waals surface area (Å²) in [5.74, 6) is 0.206. The molecule has 3 heteroatoms. The molecule has 1 amide bonds. The van der Waals surface area contributed by atoms with Gasteiger partial charge in [-0.1, -0.05) is 56.3 Å². The highest BCUT2D eigenvalue weighted by molar-refractivity contribution is 5.78. The van der Waals surface area contributed by atoms with Crippen molar-refractivity contribution in [2.24, 2.45) is 0 Å². The molecule has 0 fully saturated rings. The van der Waals surface area contributed by atoms with E-state index in [1.54, 1.807) is 0 Å². The molecule has 0 heterocycles. The predicted molar refractivity (Wildman–Crippen MR) is 117 cm³/mol. The van der Waals surface area contributed by atoms with Crippen molar-refractivity contribution in [3.63, 3.8) is 0 Å². The third kappa shape index (κ3) is 8.57. The fourth-order valence-corrected chi connectivity index (χ4v) is 3.30. The van der Waals surface area contributed by atoms with Crippen molar-refractivity contribution in [2.75, 3.05) is 20.1 Å². The van der Waals surface area contributed by atoms with Crippen LogP contribution in [-0.4, -0.2) is 41.9 Å². The van der Waals surface area contributed by atoms with Gasteiger partial charge in [0, 0.05) is 24.7 Å². The highest BCUT2D eigenvalue weighted by Crippen LogP contribution is 2.18. The average Bonchev–Trinajstić information content (AvgIpc) is 2.67. The fraction of sp³-hybridized carbons (Fsp3) is 0.542. The second-order valence-electron chi connectivity index (χ2n) is 7.18. The van der Waals surface area contributed by atoms with E-state index in [-0.39, 0.29) is 11.9 Å². The van der Waals surface area contributed by atoms with Crippen LogP contribution < -0.4 is 0 Å². The van der Waals surface area contributed by atoms with Crippen molar-refractivity contribution in [2.45, 2.75) is 65.8 Å². The summed E-state index contributed by atoms with van der Waals surface area (Å²) in [5, 5.41) is 0. The first-order chi connectivity index (χ1) is 13.0. The van der Waals surface area contributed by atoms with Gasteiger partial charge < -0.3 is 9.80 Å². The number of rotatable bonds is 12. The van der Waals surface area contributed by atoms with E-state index in [2.05, 4.69) is 68.3 Å². The molecule has 0 saturated carbocycles. The molecule has 0 bridgehead atoms. The normalized spacial score (nSPS) is 13.3. The third-order valence-electron chi connectivity index (χ3n) is 4.83. The Morgan fingerprint density at radius 1 is 1.15 bits per heavy atom. The molecule has 150 valence electrons. The monoisotopic (exact) mass is 370 g/mol. The lowest BCUT2D eigenvalue weighted by molar-refractivity contribution is -0.130. The number of likely N-dealkylation sites (N-methyl/N-ethyl adjacent to an activating group) is 1. The minimum absolute atomic E-state index is 0.206. The summed E-state index contributed by atoms with van der Waals surface area (Å²) in [4.78, 5) is 16.9. The van der Waals surface area contributed by atoms with Gasteiger partial charge in [-0.3, -0.25) is 4.79 Å². The molecule has 0 aliphatic rings. The van der Waals surface area contributed by atoms with Crippen LogP contribution in [0.1, 0.15) is 58.9 Å². The molecule has 0 aromatic heterocycles. The Morgan fingerprint density at radius 2 is 1.85 bits per heavy atom. The van der Waals surface area contributed by atoms with E-state index in [0.717, 1.165) is 44.5 Å². The lowest BCUT2D eigenvalue weighted by Crippen LogP contribution is -2.37. The Labute approximate surface area is 166 Å². The Kier molecular flexibility index (Phi) is 11.4. The molecule has 0 radical (unpaired) electrons. The summed E-state index contributed by atoms with van der Waals surface area (Å²) in [6.45, 7) is 10.4. The van der Waals surface area contributed by atoms with E-state index in [1.807, 2.05) is 24.8 Å². The van der Waals surface area contributed by atoms with Crippen molar-refractivity contribution < 1.29 is 4.79 Å². The second kappa shape index (κ2) is 13.3. The minimum Gasteiger partial charge on any atom is -0.310 e. The SMILES string of the molecule is C/C=C\C(=C/CC)N(C(=O)CC)C(C)CCCN(C)CCc1ccccc1. The molecule has 3 nitrogen and oxygen atoms in total. The van der Waals surface area contributed by atoms with Gasteiger partial charge in [-0.25, -0.2) is 0 Å². The quantitative estimate of drug-likeness (QED) is 0.458. The highest BCUT2D eigenvalue weighted by Gasteiger charge is 2.21. The van der Waals surface area contributed by atoms with Gasteiger partial charge in [-0.05, 0) is 64.8 Å². The number of nitrogens with zero attached hydrogens (tertiary/aromatic N) is 2. The molecular weight excluding hydrogens is 332 g/mol. The number of carbonyl (C=O) groups is 1. The molecule has 0 aliphatic heterocycles. The number of allylic oxidation sites excluding steroid dienone is 3. The average molecular weight is 371 g/mol. The van der Waals surface area contributed by atoms with Gasteiger partial charge in [-0.15, -0.1) is 0 Å². The Balaban J connectivity index is 2.54. The van der Waals surface area contributed by atoms with E-state index in [0.29, 0.717) is 6.42 Å². The Bertz CT molecular complexity index is 592. The van der Waals surface area contributed by atoms with Crippen molar-refractivity contribution in [1.29, 1.82) is 0 Å². The van der Waals surface area contributed by atoms with Crippen LogP contribution in [-0.2, 0) is 11.2 Å². The zero-order valence-corrected chi connectivity index (χ0v) is 17.9. The summed E-state index contributed by atoms with van der Waals surface area (Å²) in [5.41, 5.74) is 2.43. The summed E-state index contributed by atoms with van der Waals surface area (Å²) in [7, 11) is 2.19. The molecule has 1 atom stereocenters. The minimum atomic E-state index is 0.206. The number of hydrogen-bond acceptors (Lipinski definition) is 2. The van der Waals surface area contributed by atoms with Gasteiger partial charge in [0.2, 0.25) is 5.91 Å². The second-order valence-corrected chi connectivity index (χ2v) is 7.18. The van der Waals surface area contributed by atoms with E-state index in [9.17, 15) is 4.79 Å². The summed E-state index contributed by atoms with van der Waals surface area (Å²) in [6.07, 6.45) is 10.9. The van der Waals surface area contributed by atoms with E-state index in [4.69, 9.17) is 0 Å². The van der Waals surface area contributed by atoms with Crippen LogP contribution in [0.15, 0.2) is 54.3 Å². The fourth-order valence-electron chi connectivity index (χ4n) is 3.30. The zero-order chi connectivity index (χ0) is 20.1. The predicted octanol–water partition coefficient (Wildman–Crippen LogP) is 5.44. The molecule has 0 saturated heterocycles. The van der Waals surface area contributed by atoms with Gasteiger partial charge in [0.1, 0.15) is 0 Å². The van der Waals surface area contributed by atoms with Crippen LogP contribution in [0.2, 0.25) is 0 Å². The lowest BCUT2D eigenvalue weighted by Gasteiger charge is -2.31. The van der Waals surface area contributed by atoms with Crippen molar-refractivity contribution in [3.05, 3.63) is 59.8 Å². The topological polar surface area (TPSA) is 23.6 Å². The van der Waals surface area contributed by atoms with Gasteiger partial charge in [0.15, 0.2) is 0 Å². The molecular formula is C24H38N2O. The Hall–Kier alpha value is -1.87. The lowest BCUT2D eigenvalue weighted by atomic mass is 10.1. The van der Waals surface area contributed by atoms with Crippen LogP contribution in [0.3, 0.4) is 0 Å². The first-order valence-electron chi connectivity index (χ1n) is 10.4. The van der Waals surface area contributed by atoms with Crippen molar-refractivity contribution in [3.8, 4) is 0 Å². The smallest absolute Gasteiger partial charge is 0.226 e. The largest absolute Gasteiger partial charge is 0.310 e. The van der Waals surface area contributed by atoms with E-state index >= 15 is 0 Å². The van der Waals surface area contributed by atoms with Crippen LogP contribution in [0.4, 0.5) is 0 Å². The maximum atomic E-state index is 12.5. The molecule has 1 aromatic rings. The van der Waals surface area contributed by atoms with Gasteiger partial charge in [0.25, 0.3) is 0 Å². The van der Waals surface area contributed by atoms with Crippen LogP contribution >= 0.6 is 0 Å². The van der Waals surface area contributed by atoms with E-state index in [1.165, 1.54) is 5.56 Å². The summed E-state index contributed by atoms with van der Waals surface area (Å²) < 4.78 is 0. The van der Waals surface area contributed by atoms with Gasteiger partial charge in [-0.2, -0.15) is 0 Å². The summed E-state index contributed by atoms with van der Waals surface area (Å²) in [6, 6.07) is 10.9. The van der Waals surface area contributed by atoms with Gasteiger partial charge >= 0.3 is 0 Å². The first-order valence-corrected chi connectivity index (χ1v) is 10.4. The number of carbonyl (C=O) groups excluding carboxylic acids is 1. The van der Waals surface area contributed by atoms with Gasteiger partial charge in [0.05, 0.1) is 0 Å². The molecule has 1 aromatic carbocycles. The number of benzene rings is 1. The molecule has 0 spiro atoms.